The summed E-state index contributed by atoms with van der Waals surface area (Å²) in [5.41, 5.74) is 2.19. The number of hydrogen-bond donors (Lipinski definition) is 0. The summed E-state index contributed by atoms with van der Waals surface area (Å²) in [4.78, 5) is 0. The molecule has 0 unspecified atom stereocenters. The number of nitrogens with zero attached hydrogens (tertiary/aromatic N) is 1. The zero-order chi connectivity index (χ0) is 15.6. The molecule has 0 aliphatic rings. The predicted molar refractivity (Wildman–Crippen MR) is 80.4 cm³/mol. The van der Waals surface area contributed by atoms with Crippen molar-refractivity contribution in [3.63, 3.8) is 0 Å². The molecule has 0 amide bonds. The Bertz CT molecular complexity index is 740. The van der Waals surface area contributed by atoms with Crippen LogP contribution >= 0.6 is 0 Å². The van der Waals surface area contributed by atoms with E-state index in [1.807, 2.05) is 53.2 Å². The summed E-state index contributed by atoms with van der Waals surface area (Å²) in [5, 5.41) is 0. The van der Waals surface area contributed by atoms with E-state index in [-0.39, 0.29) is 0 Å². The van der Waals surface area contributed by atoms with E-state index in [0.717, 1.165) is 29.0 Å². The largest absolute Gasteiger partial charge is 0.416 e. The van der Waals surface area contributed by atoms with Gasteiger partial charge in [0.2, 0.25) is 0 Å². The Kier molecular flexibility index (Phi) is 3.75. The van der Waals surface area contributed by atoms with Crippen molar-refractivity contribution in [3.8, 4) is 11.3 Å². The van der Waals surface area contributed by atoms with E-state index in [4.69, 9.17) is 0 Å². The fourth-order valence-electron chi connectivity index (χ4n) is 2.42. The van der Waals surface area contributed by atoms with Gasteiger partial charge < -0.3 is 4.57 Å². The van der Waals surface area contributed by atoms with Crippen LogP contribution in [0.15, 0.2) is 72.9 Å². The summed E-state index contributed by atoms with van der Waals surface area (Å²) in [6.45, 7) is 0.685. The second-order valence-electron chi connectivity index (χ2n) is 5.08. The standard InChI is InChI=1S/C18H14F3N/c19-18(20,21)16-10-8-15(9-11-16)17-7-4-12-22(17)13-14-5-2-1-3-6-14/h1-12H,13H2. The van der Waals surface area contributed by atoms with Gasteiger partial charge in [-0.25, -0.2) is 0 Å². The quantitative estimate of drug-likeness (QED) is 0.625. The Hall–Kier alpha value is -2.49. The summed E-state index contributed by atoms with van der Waals surface area (Å²) >= 11 is 0. The van der Waals surface area contributed by atoms with Crippen LogP contribution in [-0.2, 0) is 12.7 Å². The van der Waals surface area contributed by atoms with Crippen molar-refractivity contribution in [1.29, 1.82) is 0 Å². The predicted octanol–water partition coefficient (Wildman–Crippen LogP) is 5.22. The molecule has 0 aliphatic carbocycles. The molecule has 0 fully saturated rings. The first-order chi connectivity index (χ1) is 10.5. The van der Waals surface area contributed by atoms with Crippen LogP contribution in [0.5, 0.6) is 0 Å². The van der Waals surface area contributed by atoms with Gasteiger partial charge in [0, 0.05) is 18.4 Å². The average molecular weight is 301 g/mol. The van der Waals surface area contributed by atoms with Crippen molar-refractivity contribution < 1.29 is 13.2 Å². The van der Waals surface area contributed by atoms with Crippen LogP contribution in [0, 0.1) is 0 Å². The van der Waals surface area contributed by atoms with Gasteiger partial charge in [-0.15, -0.1) is 0 Å². The number of benzene rings is 2. The van der Waals surface area contributed by atoms with Crippen LogP contribution in [0.1, 0.15) is 11.1 Å². The monoisotopic (exact) mass is 301 g/mol. The van der Waals surface area contributed by atoms with E-state index in [1.165, 1.54) is 12.1 Å². The van der Waals surface area contributed by atoms with E-state index < -0.39 is 11.7 Å². The lowest BCUT2D eigenvalue weighted by Gasteiger charge is -2.11. The summed E-state index contributed by atoms with van der Waals surface area (Å²) < 4.78 is 39.9. The normalized spacial score (nSPS) is 11.6. The number of aromatic nitrogens is 1. The first kappa shape index (κ1) is 14.4. The summed E-state index contributed by atoms with van der Waals surface area (Å²) in [5.74, 6) is 0. The highest BCUT2D eigenvalue weighted by Crippen LogP contribution is 2.31. The average Bonchev–Trinajstić information content (AvgIpc) is 2.96. The minimum Gasteiger partial charge on any atom is -0.343 e. The van der Waals surface area contributed by atoms with Crippen LogP contribution in [0.2, 0.25) is 0 Å². The van der Waals surface area contributed by atoms with Gasteiger partial charge >= 0.3 is 6.18 Å². The molecule has 112 valence electrons. The summed E-state index contributed by atoms with van der Waals surface area (Å²) in [7, 11) is 0. The zero-order valence-corrected chi connectivity index (χ0v) is 11.7. The van der Waals surface area contributed by atoms with E-state index >= 15 is 0 Å². The molecule has 3 aromatic rings. The smallest absolute Gasteiger partial charge is 0.343 e. The van der Waals surface area contributed by atoms with Gasteiger partial charge in [0.15, 0.2) is 0 Å². The minimum atomic E-state index is -4.30. The lowest BCUT2D eigenvalue weighted by molar-refractivity contribution is -0.137. The third kappa shape index (κ3) is 3.06. The maximum Gasteiger partial charge on any atom is 0.416 e. The summed E-state index contributed by atoms with van der Waals surface area (Å²) in [6, 6.07) is 19.0. The molecule has 1 aromatic heterocycles. The molecule has 0 bridgehead atoms. The van der Waals surface area contributed by atoms with Crippen molar-refractivity contribution in [1.82, 2.24) is 4.57 Å². The van der Waals surface area contributed by atoms with E-state index in [0.29, 0.717) is 6.54 Å². The molecule has 22 heavy (non-hydrogen) atoms. The molecule has 1 heterocycles. The minimum absolute atomic E-state index is 0.627. The number of hydrogen-bond acceptors (Lipinski definition) is 0. The first-order valence-electron chi connectivity index (χ1n) is 6.91. The Morgan fingerprint density at radius 2 is 1.45 bits per heavy atom. The molecular weight excluding hydrogens is 287 g/mol. The van der Waals surface area contributed by atoms with Gasteiger partial charge in [0.1, 0.15) is 0 Å². The lowest BCUT2D eigenvalue weighted by Crippen LogP contribution is -2.04. The maximum absolute atomic E-state index is 12.6. The van der Waals surface area contributed by atoms with Crippen LogP contribution in [0.25, 0.3) is 11.3 Å². The number of rotatable bonds is 3. The summed E-state index contributed by atoms with van der Waals surface area (Å²) in [6.07, 6.45) is -2.37. The number of alkyl halides is 3. The van der Waals surface area contributed by atoms with Gasteiger partial charge in [-0.05, 0) is 35.4 Å². The molecule has 0 radical (unpaired) electrons. The molecule has 0 atom stereocenters. The van der Waals surface area contributed by atoms with Gasteiger partial charge in [-0.1, -0.05) is 42.5 Å². The highest BCUT2D eigenvalue weighted by molar-refractivity contribution is 5.60. The fraction of sp³-hybridized carbons (Fsp3) is 0.111. The van der Waals surface area contributed by atoms with Gasteiger partial charge in [-0.3, -0.25) is 0 Å². The lowest BCUT2D eigenvalue weighted by atomic mass is 10.1. The fourth-order valence-corrected chi connectivity index (χ4v) is 2.42. The highest BCUT2D eigenvalue weighted by Gasteiger charge is 2.30. The highest BCUT2D eigenvalue weighted by atomic mass is 19.4. The van der Waals surface area contributed by atoms with Crippen molar-refractivity contribution in [2.45, 2.75) is 12.7 Å². The molecule has 0 aliphatic heterocycles. The van der Waals surface area contributed by atoms with Gasteiger partial charge in [-0.2, -0.15) is 13.2 Å². The van der Waals surface area contributed by atoms with Crippen molar-refractivity contribution in [2.24, 2.45) is 0 Å². The van der Waals surface area contributed by atoms with Crippen molar-refractivity contribution in [3.05, 3.63) is 84.1 Å². The zero-order valence-electron chi connectivity index (χ0n) is 11.7. The molecular formula is C18H14F3N. The molecule has 4 heteroatoms. The Morgan fingerprint density at radius 3 is 2.09 bits per heavy atom. The Morgan fingerprint density at radius 1 is 0.773 bits per heavy atom. The third-order valence-electron chi connectivity index (χ3n) is 3.53. The van der Waals surface area contributed by atoms with Crippen LogP contribution in [0.3, 0.4) is 0 Å². The maximum atomic E-state index is 12.6. The second-order valence-corrected chi connectivity index (χ2v) is 5.08. The molecule has 3 rings (SSSR count). The molecule has 2 aromatic carbocycles. The van der Waals surface area contributed by atoms with E-state index in [1.54, 1.807) is 0 Å². The third-order valence-corrected chi connectivity index (χ3v) is 3.53. The molecule has 1 nitrogen and oxygen atoms in total. The van der Waals surface area contributed by atoms with Crippen molar-refractivity contribution >= 4 is 0 Å². The topological polar surface area (TPSA) is 4.93 Å². The van der Waals surface area contributed by atoms with Crippen LogP contribution < -0.4 is 0 Å². The Labute approximate surface area is 126 Å². The van der Waals surface area contributed by atoms with Crippen LogP contribution in [-0.4, -0.2) is 4.57 Å². The van der Waals surface area contributed by atoms with Gasteiger partial charge in [0.05, 0.1) is 5.56 Å². The Balaban J connectivity index is 1.89. The first-order valence-corrected chi connectivity index (χ1v) is 6.91. The molecule has 0 saturated heterocycles. The van der Waals surface area contributed by atoms with E-state index in [9.17, 15) is 13.2 Å². The SMILES string of the molecule is FC(F)(F)c1ccc(-c2cccn2Cc2ccccc2)cc1. The van der Waals surface area contributed by atoms with Crippen molar-refractivity contribution in [2.75, 3.05) is 0 Å². The molecule has 0 saturated carbocycles. The number of halogens is 3. The van der Waals surface area contributed by atoms with Gasteiger partial charge in [0.25, 0.3) is 0 Å². The molecule has 0 N–H and O–H groups in total. The van der Waals surface area contributed by atoms with Crippen LogP contribution in [0.4, 0.5) is 13.2 Å². The van der Waals surface area contributed by atoms with E-state index in [2.05, 4.69) is 0 Å². The second kappa shape index (κ2) is 5.72. The molecule has 0 spiro atoms.